The molecule has 2 aliphatic rings. The molecule has 2 rings (SSSR count). The number of rotatable bonds is 13. The van der Waals surface area contributed by atoms with Crippen molar-refractivity contribution in [3.05, 3.63) is 34.9 Å². The normalized spacial score (nSPS) is 25.6. The summed E-state index contributed by atoms with van der Waals surface area (Å²) in [7, 11) is 0. The minimum atomic E-state index is -0.308. The quantitative estimate of drug-likeness (QED) is 0.229. The van der Waals surface area contributed by atoms with E-state index in [1.54, 1.807) is 6.92 Å². The Morgan fingerprint density at radius 2 is 2.03 bits per heavy atom. The van der Waals surface area contributed by atoms with Crippen molar-refractivity contribution in [3.63, 3.8) is 0 Å². The van der Waals surface area contributed by atoms with Gasteiger partial charge in [0, 0.05) is 25.7 Å². The second-order valence-electron chi connectivity index (χ2n) is 9.37. The molecule has 0 radical (unpaired) electrons. The first-order chi connectivity index (χ1) is 15.7. The standard InChI is InChI=1S/C27H39ClO5/c1-5-7-10-18(3)13-25(30)24(28)17-23-22-15-20(11-8-9-12-27(31)32-6-2)14-21(22)16-26(23)33-19(4)29/h8,11,14,17-18,21-23,26H,5-7,9-10,12-13,15-16H2,1-4H3/b11-8+,24-17-. The molecule has 6 heteroatoms. The Morgan fingerprint density at radius 1 is 1.27 bits per heavy atom. The van der Waals surface area contributed by atoms with Crippen molar-refractivity contribution in [3.8, 4) is 0 Å². The van der Waals surface area contributed by atoms with Crippen LogP contribution in [0, 0.1) is 23.7 Å². The van der Waals surface area contributed by atoms with Crippen LogP contribution in [0.5, 0.6) is 0 Å². The van der Waals surface area contributed by atoms with Gasteiger partial charge in [-0.2, -0.15) is 0 Å². The van der Waals surface area contributed by atoms with E-state index in [4.69, 9.17) is 21.1 Å². The highest BCUT2D eigenvalue weighted by Gasteiger charge is 2.45. The number of carbonyl (C=O) groups is 3. The van der Waals surface area contributed by atoms with Crippen LogP contribution in [0.4, 0.5) is 0 Å². The van der Waals surface area contributed by atoms with Gasteiger partial charge in [-0.3, -0.25) is 14.4 Å². The van der Waals surface area contributed by atoms with Crippen molar-refractivity contribution in [2.75, 3.05) is 6.61 Å². The number of ether oxygens (including phenoxy) is 2. The van der Waals surface area contributed by atoms with Crippen LogP contribution in [-0.2, 0) is 23.9 Å². The zero-order valence-corrected chi connectivity index (χ0v) is 21.2. The third kappa shape index (κ3) is 8.77. The first kappa shape index (κ1) is 27.4. The lowest BCUT2D eigenvalue weighted by atomic mass is 9.88. The summed E-state index contributed by atoms with van der Waals surface area (Å²) >= 11 is 6.47. The van der Waals surface area contributed by atoms with Crippen molar-refractivity contribution in [2.45, 2.75) is 85.2 Å². The van der Waals surface area contributed by atoms with Gasteiger partial charge in [0.05, 0.1) is 11.6 Å². The fourth-order valence-corrected chi connectivity index (χ4v) is 5.17. The Bertz CT molecular complexity index is 781. The smallest absolute Gasteiger partial charge is 0.306 e. The van der Waals surface area contributed by atoms with E-state index in [1.165, 1.54) is 12.5 Å². The summed E-state index contributed by atoms with van der Waals surface area (Å²) in [6.45, 7) is 7.86. The predicted molar refractivity (Wildman–Crippen MR) is 131 cm³/mol. The molecule has 0 N–H and O–H groups in total. The summed E-state index contributed by atoms with van der Waals surface area (Å²) < 4.78 is 10.6. The van der Waals surface area contributed by atoms with E-state index in [-0.39, 0.29) is 46.6 Å². The average Bonchev–Trinajstić information content (AvgIpc) is 3.27. The molecule has 2 aliphatic carbocycles. The fourth-order valence-electron chi connectivity index (χ4n) is 4.95. The highest BCUT2D eigenvalue weighted by molar-refractivity contribution is 6.42. The number of allylic oxidation sites excluding steroid dienone is 5. The molecular weight excluding hydrogens is 440 g/mol. The van der Waals surface area contributed by atoms with Crippen molar-refractivity contribution in [1.29, 1.82) is 0 Å². The SMILES string of the molecule is CCCCC(C)CC(=O)/C(Cl)=C/C1C(OC(C)=O)CC2C=C(/C=C/CCC(=O)OCC)CC21. The lowest BCUT2D eigenvalue weighted by Crippen LogP contribution is -2.23. The Kier molecular flexibility index (Phi) is 11.4. The molecule has 0 bridgehead atoms. The maximum absolute atomic E-state index is 12.7. The molecule has 0 spiro atoms. The van der Waals surface area contributed by atoms with Gasteiger partial charge in [-0.05, 0) is 43.9 Å². The van der Waals surface area contributed by atoms with Crippen LogP contribution < -0.4 is 0 Å². The van der Waals surface area contributed by atoms with Crippen molar-refractivity contribution in [2.24, 2.45) is 23.7 Å². The third-order valence-corrected chi connectivity index (χ3v) is 6.87. The lowest BCUT2D eigenvalue weighted by molar-refractivity contribution is -0.147. The Labute approximate surface area is 203 Å². The van der Waals surface area contributed by atoms with Gasteiger partial charge in [0.15, 0.2) is 5.78 Å². The van der Waals surface area contributed by atoms with Crippen molar-refractivity contribution >= 4 is 29.3 Å². The van der Waals surface area contributed by atoms with Gasteiger partial charge >= 0.3 is 11.9 Å². The van der Waals surface area contributed by atoms with E-state index in [1.807, 2.05) is 12.2 Å². The fraction of sp³-hybridized carbons (Fsp3) is 0.667. The molecular formula is C27H39ClO5. The first-order valence-electron chi connectivity index (χ1n) is 12.4. The Balaban J connectivity index is 2.03. The Hall–Kier alpha value is -1.88. The number of carbonyl (C=O) groups excluding carboxylic acids is 3. The van der Waals surface area contributed by atoms with Gasteiger partial charge in [-0.15, -0.1) is 0 Å². The van der Waals surface area contributed by atoms with Crippen LogP contribution in [0.1, 0.15) is 79.1 Å². The minimum absolute atomic E-state index is 0.0321. The zero-order valence-electron chi connectivity index (χ0n) is 20.5. The van der Waals surface area contributed by atoms with Crippen LogP contribution in [0.2, 0.25) is 0 Å². The highest BCUT2D eigenvalue weighted by Crippen LogP contribution is 2.49. The lowest BCUT2D eigenvalue weighted by Gasteiger charge is -2.21. The molecule has 1 saturated carbocycles. The average molecular weight is 479 g/mol. The number of hydrogen-bond acceptors (Lipinski definition) is 5. The summed E-state index contributed by atoms with van der Waals surface area (Å²) in [4.78, 5) is 35.8. The largest absolute Gasteiger partial charge is 0.466 e. The van der Waals surface area contributed by atoms with E-state index < -0.39 is 0 Å². The maximum atomic E-state index is 12.7. The van der Waals surface area contributed by atoms with Crippen molar-refractivity contribution < 1.29 is 23.9 Å². The summed E-state index contributed by atoms with van der Waals surface area (Å²) in [6.07, 6.45) is 14.2. The molecule has 0 amide bonds. The van der Waals surface area contributed by atoms with Crippen LogP contribution in [0.3, 0.4) is 0 Å². The molecule has 1 fully saturated rings. The molecule has 5 nitrogen and oxygen atoms in total. The predicted octanol–water partition coefficient (Wildman–Crippen LogP) is 6.31. The van der Waals surface area contributed by atoms with E-state index in [0.29, 0.717) is 31.8 Å². The number of Topliss-reactive ketones (excluding diaryl/α,β-unsaturated/α-hetero) is 1. The topological polar surface area (TPSA) is 69.7 Å². The molecule has 0 aromatic heterocycles. The molecule has 0 aromatic rings. The molecule has 0 aromatic carbocycles. The summed E-state index contributed by atoms with van der Waals surface area (Å²) in [5.74, 6) is 0.230. The number of esters is 2. The molecule has 5 unspecified atom stereocenters. The number of halogens is 1. The minimum Gasteiger partial charge on any atom is -0.466 e. The van der Waals surface area contributed by atoms with Gasteiger partial charge in [-0.1, -0.05) is 74.6 Å². The maximum Gasteiger partial charge on any atom is 0.306 e. The zero-order chi connectivity index (χ0) is 24.4. The first-order valence-corrected chi connectivity index (χ1v) is 12.7. The molecule has 184 valence electrons. The van der Waals surface area contributed by atoms with E-state index >= 15 is 0 Å². The number of hydrogen-bond donors (Lipinski definition) is 0. The number of ketones is 1. The molecule has 0 heterocycles. The Morgan fingerprint density at radius 3 is 2.70 bits per heavy atom. The molecule has 5 atom stereocenters. The second kappa shape index (κ2) is 13.7. The van der Waals surface area contributed by atoms with Gasteiger partial charge in [0.2, 0.25) is 0 Å². The third-order valence-electron chi connectivity index (χ3n) is 6.54. The summed E-state index contributed by atoms with van der Waals surface area (Å²) in [5, 5.41) is 0.263. The van der Waals surface area contributed by atoms with Crippen molar-refractivity contribution in [1.82, 2.24) is 0 Å². The van der Waals surface area contributed by atoms with E-state index in [0.717, 1.165) is 32.1 Å². The second-order valence-corrected chi connectivity index (χ2v) is 9.78. The van der Waals surface area contributed by atoms with Gasteiger partial charge < -0.3 is 9.47 Å². The van der Waals surface area contributed by atoms with Gasteiger partial charge in [0.25, 0.3) is 0 Å². The summed E-state index contributed by atoms with van der Waals surface area (Å²) in [5.41, 5.74) is 1.21. The number of unbranched alkanes of at least 4 members (excludes halogenated alkanes) is 1. The van der Waals surface area contributed by atoms with E-state index in [9.17, 15) is 14.4 Å². The van der Waals surface area contributed by atoms with Gasteiger partial charge in [0.1, 0.15) is 6.10 Å². The molecule has 0 aliphatic heterocycles. The van der Waals surface area contributed by atoms with Crippen LogP contribution >= 0.6 is 11.6 Å². The number of fused-ring (bicyclic) bond motifs is 1. The molecule has 0 saturated heterocycles. The molecule has 33 heavy (non-hydrogen) atoms. The monoisotopic (exact) mass is 478 g/mol. The van der Waals surface area contributed by atoms with Crippen LogP contribution in [-0.4, -0.2) is 30.4 Å². The highest BCUT2D eigenvalue weighted by atomic mass is 35.5. The van der Waals surface area contributed by atoms with Gasteiger partial charge in [-0.25, -0.2) is 0 Å². The van der Waals surface area contributed by atoms with E-state index in [2.05, 4.69) is 26.0 Å². The van der Waals surface area contributed by atoms with Crippen LogP contribution in [0.25, 0.3) is 0 Å². The summed E-state index contributed by atoms with van der Waals surface area (Å²) in [6, 6.07) is 0. The van der Waals surface area contributed by atoms with Crippen LogP contribution in [0.15, 0.2) is 34.9 Å².